The second kappa shape index (κ2) is 8.23. The van der Waals surface area contributed by atoms with Crippen molar-refractivity contribution >= 4 is 10.9 Å². The van der Waals surface area contributed by atoms with Crippen molar-refractivity contribution in [2.24, 2.45) is 0 Å². The highest BCUT2D eigenvalue weighted by molar-refractivity contribution is 5.80. The van der Waals surface area contributed by atoms with Gasteiger partial charge in [0.25, 0.3) is 0 Å². The fourth-order valence-corrected chi connectivity index (χ4v) is 3.97. The van der Waals surface area contributed by atoms with E-state index in [9.17, 15) is 25.5 Å². The summed E-state index contributed by atoms with van der Waals surface area (Å²) >= 11 is 0. The van der Waals surface area contributed by atoms with Gasteiger partial charge < -0.3 is 35.3 Å². The first-order valence-electron chi connectivity index (χ1n) is 9.61. The van der Waals surface area contributed by atoms with E-state index >= 15 is 0 Å². The third-order valence-electron chi connectivity index (χ3n) is 5.56. The van der Waals surface area contributed by atoms with Crippen molar-refractivity contribution in [1.82, 2.24) is 4.98 Å². The number of aromatic nitrogens is 1. The number of H-pyrrole nitrogens is 1. The average Bonchev–Trinajstić information content (AvgIpc) is 3.14. The molecule has 29 heavy (non-hydrogen) atoms. The Kier molecular flexibility index (Phi) is 5.69. The van der Waals surface area contributed by atoms with Gasteiger partial charge in [-0.05, 0) is 34.2 Å². The van der Waals surface area contributed by atoms with Crippen molar-refractivity contribution < 1.29 is 30.3 Å². The summed E-state index contributed by atoms with van der Waals surface area (Å²) in [5.74, 6) is 0. The smallest absolute Gasteiger partial charge is 0.113 e. The molecular weight excluding hydrogens is 374 g/mol. The fraction of sp³-hybridized carbons (Fsp3) is 0.364. The summed E-state index contributed by atoms with van der Waals surface area (Å²) in [6, 6.07) is 15.5. The van der Waals surface area contributed by atoms with E-state index < -0.39 is 37.1 Å². The molecule has 1 saturated heterocycles. The number of benzene rings is 2. The van der Waals surface area contributed by atoms with Crippen LogP contribution < -0.4 is 0 Å². The minimum absolute atomic E-state index is 0.267. The molecule has 2 heterocycles. The molecule has 3 aromatic rings. The molecule has 0 bridgehead atoms. The molecule has 2 aromatic carbocycles. The average molecular weight is 399 g/mol. The zero-order valence-corrected chi connectivity index (χ0v) is 15.8. The van der Waals surface area contributed by atoms with Gasteiger partial charge >= 0.3 is 0 Å². The number of aliphatic hydroxyl groups excluding tert-OH is 5. The number of fused-ring (bicyclic) bond motifs is 1. The van der Waals surface area contributed by atoms with Crippen LogP contribution in [0.2, 0.25) is 0 Å². The molecule has 0 unspecified atom stereocenters. The highest BCUT2D eigenvalue weighted by Crippen LogP contribution is 2.35. The summed E-state index contributed by atoms with van der Waals surface area (Å²) in [5, 5.41) is 50.9. The van der Waals surface area contributed by atoms with E-state index in [1.54, 1.807) is 6.07 Å². The summed E-state index contributed by atoms with van der Waals surface area (Å²) < 4.78 is 5.68. The summed E-state index contributed by atoms with van der Waals surface area (Å²) in [4.78, 5) is 3.37. The topological polar surface area (TPSA) is 126 Å². The molecule has 1 aliphatic heterocycles. The molecule has 1 fully saturated rings. The first-order valence-corrected chi connectivity index (χ1v) is 9.61. The predicted octanol–water partition coefficient (Wildman–Crippen LogP) is 0.766. The lowest BCUT2D eigenvalue weighted by molar-refractivity contribution is -0.232. The Labute approximate surface area is 167 Å². The Morgan fingerprint density at radius 1 is 0.897 bits per heavy atom. The Balaban J connectivity index is 1.66. The number of hydrogen-bond donors (Lipinski definition) is 6. The number of ether oxygens (including phenoxy) is 1. The second-order valence-electron chi connectivity index (χ2n) is 7.50. The van der Waals surface area contributed by atoms with Crippen molar-refractivity contribution in [2.75, 3.05) is 6.61 Å². The predicted molar refractivity (Wildman–Crippen MR) is 106 cm³/mol. The van der Waals surface area contributed by atoms with Crippen molar-refractivity contribution in [3.8, 4) is 0 Å². The van der Waals surface area contributed by atoms with Crippen molar-refractivity contribution in [1.29, 1.82) is 0 Å². The van der Waals surface area contributed by atoms with Gasteiger partial charge in [-0.15, -0.1) is 0 Å². The quantitative estimate of drug-likeness (QED) is 0.376. The summed E-state index contributed by atoms with van der Waals surface area (Å²) in [7, 11) is 0. The van der Waals surface area contributed by atoms with Crippen molar-refractivity contribution in [3.05, 3.63) is 70.9 Å². The number of hydrogen-bond acceptors (Lipinski definition) is 6. The molecule has 6 N–H and O–H groups in total. The van der Waals surface area contributed by atoms with Gasteiger partial charge in [0.15, 0.2) is 0 Å². The lowest BCUT2D eigenvalue weighted by atomic mass is 9.88. The molecule has 0 saturated carbocycles. The van der Waals surface area contributed by atoms with E-state index in [1.165, 1.54) is 0 Å². The summed E-state index contributed by atoms with van der Waals surface area (Å²) in [5.41, 5.74) is 4.07. The van der Waals surface area contributed by atoms with Crippen LogP contribution in [0.5, 0.6) is 0 Å². The molecule has 0 radical (unpaired) electrons. The number of aliphatic hydroxyl groups is 5. The molecule has 5 atom stereocenters. The van der Waals surface area contributed by atoms with Gasteiger partial charge in [0.1, 0.15) is 30.5 Å². The molecule has 1 aliphatic rings. The molecule has 0 aliphatic carbocycles. The lowest BCUT2D eigenvalue weighted by Crippen LogP contribution is -2.55. The molecule has 4 rings (SSSR count). The summed E-state index contributed by atoms with van der Waals surface area (Å²) in [6.07, 6.45) is -5.64. The van der Waals surface area contributed by atoms with E-state index in [4.69, 9.17) is 4.74 Å². The van der Waals surface area contributed by atoms with Crippen LogP contribution >= 0.6 is 0 Å². The Bertz CT molecular complexity index is 951. The third kappa shape index (κ3) is 3.81. The summed E-state index contributed by atoms with van der Waals surface area (Å²) in [6.45, 7) is -0.762. The fourth-order valence-electron chi connectivity index (χ4n) is 3.97. The van der Waals surface area contributed by atoms with Gasteiger partial charge in [-0.3, -0.25) is 0 Å². The van der Waals surface area contributed by atoms with Crippen LogP contribution in [0.25, 0.3) is 10.9 Å². The first-order chi connectivity index (χ1) is 14.0. The largest absolute Gasteiger partial charge is 0.394 e. The maximum Gasteiger partial charge on any atom is 0.113 e. The van der Waals surface area contributed by atoms with Gasteiger partial charge in [-0.2, -0.15) is 0 Å². The minimum atomic E-state index is -1.46. The molecule has 0 amide bonds. The van der Waals surface area contributed by atoms with Crippen LogP contribution in [0.3, 0.4) is 0 Å². The van der Waals surface area contributed by atoms with Gasteiger partial charge in [0.05, 0.1) is 13.2 Å². The van der Waals surface area contributed by atoms with Crippen LogP contribution in [0.1, 0.15) is 28.5 Å². The van der Waals surface area contributed by atoms with E-state index in [1.807, 2.05) is 36.4 Å². The molecular formula is C22H25NO6. The lowest BCUT2D eigenvalue weighted by Gasteiger charge is -2.40. The minimum Gasteiger partial charge on any atom is -0.394 e. The molecule has 1 aromatic heterocycles. The van der Waals surface area contributed by atoms with Crippen molar-refractivity contribution in [2.45, 2.75) is 43.5 Å². The number of rotatable bonds is 5. The molecule has 0 spiro atoms. The molecule has 154 valence electrons. The number of para-hydroxylation sites is 1. The zero-order chi connectivity index (χ0) is 20.5. The van der Waals surface area contributed by atoms with E-state index in [0.717, 1.165) is 22.2 Å². The maximum absolute atomic E-state index is 10.5. The van der Waals surface area contributed by atoms with E-state index in [-0.39, 0.29) is 6.61 Å². The van der Waals surface area contributed by atoms with Crippen LogP contribution in [0.15, 0.2) is 48.5 Å². The van der Waals surface area contributed by atoms with E-state index in [0.29, 0.717) is 17.5 Å². The van der Waals surface area contributed by atoms with Gasteiger partial charge in [0.2, 0.25) is 0 Å². The van der Waals surface area contributed by atoms with Crippen LogP contribution in [0, 0.1) is 0 Å². The number of nitrogens with one attached hydrogen (secondary N) is 1. The normalized spacial score (nSPS) is 27.4. The van der Waals surface area contributed by atoms with Gasteiger partial charge in [-0.25, -0.2) is 0 Å². The van der Waals surface area contributed by atoms with E-state index in [2.05, 4.69) is 11.1 Å². The van der Waals surface area contributed by atoms with Crippen LogP contribution in [-0.4, -0.2) is 61.5 Å². The maximum atomic E-state index is 10.5. The first kappa shape index (κ1) is 20.0. The zero-order valence-electron chi connectivity index (χ0n) is 15.8. The SMILES string of the molecule is OCc1ccc(Cc2cc3ccccc3[nH]2)cc1[C@@H]1O[C@H](CO)[C@@H](O)[C@H](O)[C@H]1O. The molecule has 7 heteroatoms. The van der Waals surface area contributed by atoms with Crippen LogP contribution in [-0.2, 0) is 17.8 Å². The number of aromatic amines is 1. The van der Waals surface area contributed by atoms with Crippen LogP contribution in [0.4, 0.5) is 0 Å². The van der Waals surface area contributed by atoms with Gasteiger partial charge in [0, 0.05) is 17.6 Å². The highest BCUT2D eigenvalue weighted by atomic mass is 16.5. The second-order valence-corrected chi connectivity index (χ2v) is 7.50. The standard InChI is InChI=1S/C22H25NO6/c24-10-14-6-5-12(7-15-9-13-3-1-2-4-17(13)23-15)8-16(14)22-21(28)20(27)19(26)18(11-25)29-22/h1-6,8-9,18-28H,7,10-11H2/t18-,19-,20+,21-,22+/m1/s1. The van der Waals surface area contributed by atoms with Crippen molar-refractivity contribution in [3.63, 3.8) is 0 Å². The Morgan fingerprint density at radius 3 is 2.41 bits per heavy atom. The monoisotopic (exact) mass is 399 g/mol. The van der Waals surface area contributed by atoms with Gasteiger partial charge in [-0.1, -0.05) is 36.4 Å². The third-order valence-corrected chi connectivity index (χ3v) is 5.56. The highest BCUT2D eigenvalue weighted by Gasteiger charge is 2.44. The Hall–Kier alpha value is -2.26. The molecule has 7 nitrogen and oxygen atoms in total. The Morgan fingerprint density at radius 2 is 1.69 bits per heavy atom.